The molecule has 0 fully saturated rings. The summed E-state index contributed by atoms with van der Waals surface area (Å²) in [6.07, 6.45) is 3.69. The number of benzene rings is 1. The Hall–Kier alpha value is -1.41. The van der Waals surface area contributed by atoms with Crippen LogP contribution in [-0.4, -0.2) is 11.0 Å². The van der Waals surface area contributed by atoms with E-state index in [-0.39, 0.29) is 0 Å². The Kier molecular flexibility index (Phi) is 4.92. The average Bonchev–Trinajstić information content (AvgIpc) is 2.43. The molecule has 0 saturated heterocycles. The topological polar surface area (TPSA) is 24.9 Å². The SMILES string of the molecule is CCCC(CC)NCc1ccc2nc(C)ccc2c1. The molecule has 1 atom stereocenters. The highest BCUT2D eigenvalue weighted by Gasteiger charge is 2.04. The Bertz CT molecular complexity index is 534. The minimum atomic E-state index is 0.636. The Labute approximate surface area is 116 Å². The van der Waals surface area contributed by atoms with Crippen molar-refractivity contribution in [1.82, 2.24) is 10.3 Å². The minimum Gasteiger partial charge on any atom is -0.310 e. The van der Waals surface area contributed by atoms with Gasteiger partial charge in [-0.25, -0.2) is 0 Å². The molecular formula is C17H24N2. The maximum atomic E-state index is 4.54. The fraction of sp³-hybridized carbons (Fsp3) is 0.471. The van der Waals surface area contributed by atoms with Gasteiger partial charge in [-0.3, -0.25) is 4.98 Å². The van der Waals surface area contributed by atoms with E-state index >= 15 is 0 Å². The molecule has 0 aliphatic carbocycles. The lowest BCUT2D eigenvalue weighted by atomic mass is 10.1. The van der Waals surface area contributed by atoms with Gasteiger partial charge in [-0.1, -0.05) is 32.4 Å². The number of nitrogens with one attached hydrogen (secondary N) is 1. The molecule has 2 aromatic rings. The Morgan fingerprint density at radius 1 is 1.16 bits per heavy atom. The van der Waals surface area contributed by atoms with Crippen LogP contribution < -0.4 is 5.32 Å². The van der Waals surface area contributed by atoms with Crippen molar-refractivity contribution in [3.8, 4) is 0 Å². The van der Waals surface area contributed by atoms with Crippen molar-refractivity contribution >= 4 is 10.9 Å². The molecule has 2 rings (SSSR count). The second-order valence-corrected chi connectivity index (χ2v) is 5.25. The van der Waals surface area contributed by atoms with E-state index in [4.69, 9.17) is 0 Å². The number of pyridine rings is 1. The summed E-state index contributed by atoms with van der Waals surface area (Å²) < 4.78 is 0. The molecule has 0 amide bonds. The summed E-state index contributed by atoms with van der Waals surface area (Å²) in [6.45, 7) is 7.47. The van der Waals surface area contributed by atoms with Crippen molar-refractivity contribution in [2.45, 2.75) is 52.6 Å². The molecule has 0 radical (unpaired) electrons. The predicted octanol–water partition coefficient (Wildman–Crippen LogP) is 4.21. The molecule has 2 nitrogen and oxygen atoms in total. The standard InChI is InChI=1S/C17H24N2/c1-4-6-16(5-2)18-12-14-8-10-17-15(11-14)9-7-13(3)19-17/h7-11,16,18H,4-6,12H2,1-3H3. The maximum Gasteiger partial charge on any atom is 0.0705 e. The fourth-order valence-electron chi connectivity index (χ4n) is 2.45. The van der Waals surface area contributed by atoms with Gasteiger partial charge in [0.25, 0.3) is 0 Å². The number of hydrogen-bond acceptors (Lipinski definition) is 2. The number of fused-ring (bicyclic) bond motifs is 1. The summed E-state index contributed by atoms with van der Waals surface area (Å²) >= 11 is 0. The Balaban J connectivity index is 2.07. The van der Waals surface area contributed by atoms with Gasteiger partial charge in [-0.2, -0.15) is 0 Å². The number of aryl methyl sites for hydroxylation is 1. The highest BCUT2D eigenvalue weighted by molar-refractivity contribution is 5.79. The van der Waals surface area contributed by atoms with Crippen molar-refractivity contribution in [3.05, 3.63) is 41.6 Å². The van der Waals surface area contributed by atoms with Crippen LogP contribution in [0.1, 0.15) is 44.4 Å². The lowest BCUT2D eigenvalue weighted by Gasteiger charge is -2.16. The average molecular weight is 256 g/mol. The van der Waals surface area contributed by atoms with E-state index in [1.807, 2.05) is 6.92 Å². The largest absolute Gasteiger partial charge is 0.310 e. The van der Waals surface area contributed by atoms with E-state index in [1.165, 1.54) is 30.2 Å². The smallest absolute Gasteiger partial charge is 0.0705 e. The molecule has 0 aliphatic heterocycles. The number of nitrogens with zero attached hydrogens (tertiary/aromatic N) is 1. The van der Waals surface area contributed by atoms with Gasteiger partial charge in [0.1, 0.15) is 0 Å². The first-order valence-electron chi connectivity index (χ1n) is 7.32. The van der Waals surface area contributed by atoms with E-state index in [0.717, 1.165) is 17.8 Å². The third kappa shape index (κ3) is 3.77. The zero-order valence-corrected chi connectivity index (χ0v) is 12.2. The summed E-state index contributed by atoms with van der Waals surface area (Å²) in [7, 11) is 0. The molecule has 0 aliphatic rings. The van der Waals surface area contributed by atoms with Crippen LogP contribution in [0.3, 0.4) is 0 Å². The Morgan fingerprint density at radius 2 is 2.00 bits per heavy atom. The highest BCUT2D eigenvalue weighted by atomic mass is 14.9. The number of rotatable bonds is 6. The molecule has 0 bridgehead atoms. The van der Waals surface area contributed by atoms with Gasteiger partial charge in [0, 0.05) is 23.7 Å². The molecule has 2 heteroatoms. The van der Waals surface area contributed by atoms with E-state index in [2.05, 4.69) is 54.5 Å². The summed E-state index contributed by atoms with van der Waals surface area (Å²) in [6, 6.07) is 11.4. The molecule has 1 aromatic heterocycles. The van der Waals surface area contributed by atoms with Gasteiger partial charge in [0.05, 0.1) is 5.52 Å². The number of hydrogen-bond donors (Lipinski definition) is 1. The molecule has 1 unspecified atom stereocenters. The molecule has 0 saturated carbocycles. The van der Waals surface area contributed by atoms with E-state index in [1.54, 1.807) is 0 Å². The van der Waals surface area contributed by atoms with Crippen LogP contribution in [0.25, 0.3) is 10.9 Å². The van der Waals surface area contributed by atoms with Crippen molar-refractivity contribution < 1.29 is 0 Å². The third-order valence-corrected chi connectivity index (χ3v) is 3.62. The normalized spacial score (nSPS) is 12.8. The second kappa shape index (κ2) is 6.67. The van der Waals surface area contributed by atoms with Crippen LogP contribution in [0, 0.1) is 6.92 Å². The molecule has 0 spiro atoms. The lowest BCUT2D eigenvalue weighted by molar-refractivity contribution is 0.462. The van der Waals surface area contributed by atoms with Crippen LogP contribution in [0.2, 0.25) is 0 Å². The summed E-state index contributed by atoms with van der Waals surface area (Å²) in [4.78, 5) is 4.54. The van der Waals surface area contributed by atoms with Crippen LogP contribution in [0.5, 0.6) is 0 Å². The second-order valence-electron chi connectivity index (χ2n) is 5.25. The van der Waals surface area contributed by atoms with Gasteiger partial charge >= 0.3 is 0 Å². The van der Waals surface area contributed by atoms with Crippen molar-refractivity contribution in [2.24, 2.45) is 0 Å². The molecule has 19 heavy (non-hydrogen) atoms. The molecule has 1 heterocycles. The summed E-state index contributed by atoms with van der Waals surface area (Å²) in [5.41, 5.74) is 3.50. The zero-order valence-electron chi connectivity index (χ0n) is 12.2. The van der Waals surface area contributed by atoms with Crippen molar-refractivity contribution in [1.29, 1.82) is 0 Å². The summed E-state index contributed by atoms with van der Waals surface area (Å²) in [5.74, 6) is 0. The van der Waals surface area contributed by atoms with E-state index in [0.29, 0.717) is 6.04 Å². The molecular weight excluding hydrogens is 232 g/mol. The maximum absolute atomic E-state index is 4.54. The number of aromatic nitrogens is 1. The van der Waals surface area contributed by atoms with E-state index < -0.39 is 0 Å². The van der Waals surface area contributed by atoms with Gasteiger partial charge < -0.3 is 5.32 Å². The zero-order chi connectivity index (χ0) is 13.7. The van der Waals surface area contributed by atoms with Crippen LogP contribution in [-0.2, 0) is 6.54 Å². The first-order valence-corrected chi connectivity index (χ1v) is 7.32. The first-order chi connectivity index (χ1) is 9.22. The monoisotopic (exact) mass is 256 g/mol. The van der Waals surface area contributed by atoms with E-state index in [9.17, 15) is 0 Å². The molecule has 1 N–H and O–H groups in total. The van der Waals surface area contributed by atoms with Crippen LogP contribution in [0.4, 0.5) is 0 Å². The minimum absolute atomic E-state index is 0.636. The first kappa shape index (κ1) is 14.0. The lowest BCUT2D eigenvalue weighted by Crippen LogP contribution is -2.27. The van der Waals surface area contributed by atoms with Crippen LogP contribution >= 0.6 is 0 Å². The summed E-state index contributed by atoms with van der Waals surface area (Å²) in [5, 5.41) is 4.87. The highest BCUT2D eigenvalue weighted by Crippen LogP contribution is 2.15. The quantitative estimate of drug-likeness (QED) is 0.837. The van der Waals surface area contributed by atoms with Gasteiger partial charge in [-0.05, 0) is 43.5 Å². The van der Waals surface area contributed by atoms with Gasteiger partial charge in [0.2, 0.25) is 0 Å². The Morgan fingerprint density at radius 3 is 2.74 bits per heavy atom. The van der Waals surface area contributed by atoms with Gasteiger partial charge in [-0.15, -0.1) is 0 Å². The van der Waals surface area contributed by atoms with Gasteiger partial charge in [0.15, 0.2) is 0 Å². The van der Waals surface area contributed by atoms with Crippen LogP contribution in [0.15, 0.2) is 30.3 Å². The predicted molar refractivity (Wildman–Crippen MR) is 82.3 cm³/mol. The fourth-order valence-corrected chi connectivity index (χ4v) is 2.45. The third-order valence-electron chi connectivity index (χ3n) is 3.62. The molecule has 102 valence electrons. The molecule has 1 aromatic carbocycles. The van der Waals surface area contributed by atoms with Crippen molar-refractivity contribution in [3.63, 3.8) is 0 Å². The van der Waals surface area contributed by atoms with Crippen molar-refractivity contribution in [2.75, 3.05) is 0 Å².